The quantitative estimate of drug-likeness (QED) is 0.864. The SMILES string of the molecule is O=S(=O)(NC1CCN2CCCC12)c1ccc(F)c(CO)c1. The molecule has 0 spiro atoms. The Labute approximate surface area is 123 Å². The van der Waals surface area contributed by atoms with Crippen molar-refractivity contribution in [1.29, 1.82) is 0 Å². The van der Waals surface area contributed by atoms with E-state index in [0.717, 1.165) is 38.4 Å². The minimum Gasteiger partial charge on any atom is -0.392 e. The first-order valence-corrected chi connectivity index (χ1v) is 8.65. The first kappa shape index (κ1) is 14.9. The number of nitrogens with zero attached hydrogens (tertiary/aromatic N) is 1. The molecule has 2 heterocycles. The molecular weight excluding hydrogens is 295 g/mol. The molecule has 7 heteroatoms. The highest BCUT2D eigenvalue weighted by Crippen LogP contribution is 2.29. The van der Waals surface area contributed by atoms with Gasteiger partial charge < -0.3 is 5.11 Å². The zero-order chi connectivity index (χ0) is 15.0. The zero-order valence-electron chi connectivity index (χ0n) is 11.6. The molecule has 21 heavy (non-hydrogen) atoms. The lowest BCUT2D eigenvalue weighted by Gasteiger charge is -2.21. The Morgan fingerprint density at radius 1 is 1.33 bits per heavy atom. The van der Waals surface area contributed by atoms with E-state index in [1.54, 1.807) is 0 Å². The van der Waals surface area contributed by atoms with Gasteiger partial charge in [0, 0.05) is 24.2 Å². The molecular formula is C14H19FN2O3S. The molecule has 2 atom stereocenters. The van der Waals surface area contributed by atoms with Gasteiger partial charge in [-0.25, -0.2) is 17.5 Å². The van der Waals surface area contributed by atoms with Gasteiger partial charge in [-0.05, 0) is 44.0 Å². The molecule has 2 N–H and O–H groups in total. The van der Waals surface area contributed by atoms with Gasteiger partial charge in [0.2, 0.25) is 10.0 Å². The molecule has 2 aliphatic rings. The predicted molar refractivity (Wildman–Crippen MR) is 75.6 cm³/mol. The summed E-state index contributed by atoms with van der Waals surface area (Å²) in [6, 6.07) is 3.70. The lowest BCUT2D eigenvalue weighted by atomic mass is 10.1. The summed E-state index contributed by atoms with van der Waals surface area (Å²) in [7, 11) is -3.69. The first-order chi connectivity index (χ1) is 10.0. The van der Waals surface area contributed by atoms with Crippen molar-refractivity contribution in [3.8, 4) is 0 Å². The van der Waals surface area contributed by atoms with Crippen LogP contribution in [-0.2, 0) is 16.6 Å². The lowest BCUT2D eigenvalue weighted by molar-refractivity contribution is 0.275. The van der Waals surface area contributed by atoms with Gasteiger partial charge >= 0.3 is 0 Å². The number of aliphatic hydroxyl groups is 1. The molecule has 0 bridgehead atoms. The summed E-state index contributed by atoms with van der Waals surface area (Å²) >= 11 is 0. The number of aliphatic hydroxyl groups excluding tert-OH is 1. The fraction of sp³-hybridized carbons (Fsp3) is 0.571. The van der Waals surface area contributed by atoms with Gasteiger partial charge in [-0.1, -0.05) is 0 Å². The van der Waals surface area contributed by atoms with Crippen molar-refractivity contribution < 1.29 is 17.9 Å². The van der Waals surface area contributed by atoms with E-state index in [4.69, 9.17) is 5.11 Å². The molecule has 2 saturated heterocycles. The number of hydrogen-bond acceptors (Lipinski definition) is 4. The molecule has 1 aromatic rings. The van der Waals surface area contributed by atoms with Gasteiger partial charge in [-0.2, -0.15) is 0 Å². The Hall–Kier alpha value is -1.02. The summed E-state index contributed by atoms with van der Waals surface area (Å²) in [4.78, 5) is 2.32. The van der Waals surface area contributed by atoms with E-state index in [1.807, 2.05) is 0 Å². The number of sulfonamides is 1. The maximum atomic E-state index is 13.4. The van der Waals surface area contributed by atoms with Crippen LogP contribution in [0.4, 0.5) is 4.39 Å². The van der Waals surface area contributed by atoms with E-state index in [1.165, 1.54) is 12.1 Å². The molecule has 0 saturated carbocycles. The van der Waals surface area contributed by atoms with E-state index in [9.17, 15) is 12.8 Å². The fourth-order valence-corrected chi connectivity index (χ4v) is 4.68. The number of rotatable bonds is 4. The smallest absolute Gasteiger partial charge is 0.240 e. The minimum absolute atomic E-state index is 0.00407. The Morgan fingerprint density at radius 3 is 2.90 bits per heavy atom. The second kappa shape index (κ2) is 5.64. The highest BCUT2D eigenvalue weighted by Gasteiger charge is 2.39. The van der Waals surface area contributed by atoms with Gasteiger partial charge in [0.25, 0.3) is 0 Å². The topological polar surface area (TPSA) is 69.6 Å². The van der Waals surface area contributed by atoms with Crippen molar-refractivity contribution in [3.63, 3.8) is 0 Å². The molecule has 2 unspecified atom stereocenters. The number of halogens is 1. The summed E-state index contributed by atoms with van der Waals surface area (Å²) < 4.78 is 40.9. The van der Waals surface area contributed by atoms with Crippen molar-refractivity contribution in [3.05, 3.63) is 29.6 Å². The third kappa shape index (κ3) is 2.83. The van der Waals surface area contributed by atoms with Gasteiger partial charge in [0.1, 0.15) is 5.82 Å². The van der Waals surface area contributed by atoms with Gasteiger partial charge in [-0.3, -0.25) is 4.90 Å². The third-order valence-electron chi connectivity index (χ3n) is 4.41. The highest BCUT2D eigenvalue weighted by atomic mass is 32.2. The van der Waals surface area contributed by atoms with Crippen LogP contribution in [0, 0.1) is 5.82 Å². The maximum absolute atomic E-state index is 13.4. The number of fused-ring (bicyclic) bond motifs is 1. The largest absolute Gasteiger partial charge is 0.392 e. The number of nitrogens with one attached hydrogen (secondary N) is 1. The zero-order valence-corrected chi connectivity index (χ0v) is 12.4. The number of hydrogen-bond donors (Lipinski definition) is 2. The normalized spacial score (nSPS) is 26.2. The van der Waals surface area contributed by atoms with Crippen molar-refractivity contribution >= 4 is 10.0 Å². The van der Waals surface area contributed by atoms with Gasteiger partial charge in [-0.15, -0.1) is 0 Å². The minimum atomic E-state index is -3.69. The standard InChI is InChI=1S/C14H19FN2O3S/c15-12-4-3-11(8-10(12)9-18)21(19,20)16-13-5-7-17-6-1-2-14(13)17/h3-4,8,13-14,16,18H,1-2,5-7,9H2. The molecule has 0 aliphatic carbocycles. The Bertz CT molecular complexity index is 635. The summed E-state index contributed by atoms with van der Waals surface area (Å²) in [5.74, 6) is -0.598. The Kier molecular flexibility index (Phi) is 4.00. The van der Waals surface area contributed by atoms with Crippen LogP contribution in [0.3, 0.4) is 0 Å². The lowest BCUT2D eigenvalue weighted by Crippen LogP contribution is -2.42. The molecule has 2 fully saturated rings. The van der Waals surface area contributed by atoms with E-state index < -0.39 is 22.4 Å². The molecule has 3 rings (SSSR count). The summed E-state index contributed by atoms with van der Waals surface area (Å²) in [5.41, 5.74) is -0.00760. The molecule has 0 radical (unpaired) electrons. The van der Waals surface area contributed by atoms with Crippen molar-refractivity contribution in [2.45, 2.75) is 42.8 Å². The highest BCUT2D eigenvalue weighted by molar-refractivity contribution is 7.89. The third-order valence-corrected chi connectivity index (χ3v) is 5.90. The van der Waals surface area contributed by atoms with E-state index in [2.05, 4.69) is 9.62 Å². The van der Waals surface area contributed by atoms with E-state index in [-0.39, 0.29) is 22.5 Å². The predicted octanol–water partition coefficient (Wildman–Crippen LogP) is 0.833. The maximum Gasteiger partial charge on any atom is 0.240 e. The van der Waals surface area contributed by atoms with Gasteiger partial charge in [0.15, 0.2) is 0 Å². The average Bonchev–Trinajstić information content (AvgIpc) is 3.04. The van der Waals surface area contributed by atoms with E-state index in [0.29, 0.717) is 0 Å². The molecule has 5 nitrogen and oxygen atoms in total. The van der Waals surface area contributed by atoms with Crippen LogP contribution in [0.5, 0.6) is 0 Å². The Morgan fingerprint density at radius 2 is 2.14 bits per heavy atom. The fourth-order valence-electron chi connectivity index (χ4n) is 3.33. The first-order valence-electron chi connectivity index (χ1n) is 7.17. The number of benzene rings is 1. The van der Waals surface area contributed by atoms with Gasteiger partial charge in [0.05, 0.1) is 11.5 Å². The molecule has 1 aromatic carbocycles. The van der Waals surface area contributed by atoms with Crippen molar-refractivity contribution in [2.75, 3.05) is 13.1 Å². The van der Waals surface area contributed by atoms with Crippen LogP contribution in [0.15, 0.2) is 23.1 Å². The average molecular weight is 314 g/mol. The summed E-state index contributed by atoms with van der Waals surface area (Å²) in [6.45, 7) is 1.44. The van der Waals surface area contributed by atoms with Crippen LogP contribution in [0.2, 0.25) is 0 Å². The van der Waals surface area contributed by atoms with Crippen LogP contribution in [0.25, 0.3) is 0 Å². The van der Waals surface area contributed by atoms with Crippen molar-refractivity contribution in [1.82, 2.24) is 9.62 Å². The van der Waals surface area contributed by atoms with Crippen LogP contribution < -0.4 is 4.72 Å². The second-order valence-corrected chi connectivity index (χ2v) is 7.39. The summed E-state index contributed by atoms with van der Waals surface area (Å²) in [6.07, 6.45) is 2.92. The van der Waals surface area contributed by atoms with Crippen LogP contribution in [0.1, 0.15) is 24.8 Å². The molecule has 0 aromatic heterocycles. The summed E-state index contributed by atoms with van der Waals surface area (Å²) in [5, 5.41) is 9.05. The monoisotopic (exact) mass is 314 g/mol. The van der Waals surface area contributed by atoms with Crippen molar-refractivity contribution in [2.24, 2.45) is 0 Å². The second-order valence-electron chi connectivity index (χ2n) is 5.67. The van der Waals surface area contributed by atoms with E-state index >= 15 is 0 Å². The van der Waals surface area contributed by atoms with Crippen LogP contribution >= 0.6 is 0 Å². The Balaban J connectivity index is 1.81. The molecule has 0 amide bonds. The molecule has 2 aliphatic heterocycles. The van der Waals surface area contributed by atoms with Crippen LogP contribution in [-0.4, -0.2) is 43.6 Å². The molecule has 116 valence electrons.